The van der Waals surface area contributed by atoms with Crippen molar-refractivity contribution in [1.82, 2.24) is 0 Å². The van der Waals surface area contributed by atoms with Gasteiger partial charge in [-0.2, -0.15) is 0 Å². The van der Waals surface area contributed by atoms with Crippen LogP contribution in [0.3, 0.4) is 0 Å². The third-order valence-corrected chi connectivity index (χ3v) is 7.19. The molecule has 1 aromatic heterocycles. The number of carbonyl (C=O) groups excluding carboxylic acids is 2. The first-order valence-corrected chi connectivity index (χ1v) is 12.1. The van der Waals surface area contributed by atoms with E-state index in [1.54, 1.807) is 18.2 Å². The van der Waals surface area contributed by atoms with E-state index in [9.17, 15) is 9.59 Å². The van der Waals surface area contributed by atoms with Crippen LogP contribution in [0.4, 0.5) is 5.69 Å². The van der Waals surface area contributed by atoms with Gasteiger partial charge in [0.05, 0.1) is 4.88 Å². The number of Topliss-reactive ketones (excluding diaryl/α,β-unsaturated/α-hetero) is 1. The quantitative estimate of drug-likeness (QED) is 0.375. The van der Waals surface area contributed by atoms with Crippen LogP contribution in [-0.2, 0) is 21.8 Å². The van der Waals surface area contributed by atoms with Crippen LogP contribution >= 0.6 is 11.3 Å². The second-order valence-corrected chi connectivity index (χ2v) is 9.30. The van der Waals surface area contributed by atoms with Crippen LogP contribution in [0.25, 0.3) is 0 Å². The molecule has 4 aromatic rings. The Balaban J connectivity index is 1.45. The smallest absolute Gasteiger partial charge is 0.277 e. The van der Waals surface area contributed by atoms with Crippen LogP contribution in [0.1, 0.15) is 26.4 Å². The monoisotopic (exact) mass is 480 g/mol. The molecule has 1 amide bonds. The van der Waals surface area contributed by atoms with Gasteiger partial charge in [-0.05, 0) is 35.2 Å². The molecule has 0 bridgehead atoms. The molecule has 2 aliphatic heterocycles. The van der Waals surface area contributed by atoms with Gasteiger partial charge < -0.3 is 14.9 Å². The summed E-state index contributed by atoms with van der Waals surface area (Å²) in [6.07, 6.45) is 0. The molecule has 6 nitrogen and oxygen atoms in total. The highest BCUT2D eigenvalue weighted by Crippen LogP contribution is 2.50. The van der Waals surface area contributed by atoms with Crippen LogP contribution in [0, 0.1) is 5.92 Å². The number of para-hydroxylation sites is 2. The number of thiophene rings is 1. The minimum Gasteiger partial charge on any atom is -0.488 e. The fourth-order valence-electron chi connectivity index (χ4n) is 4.66. The summed E-state index contributed by atoms with van der Waals surface area (Å²) in [5.41, 5.74) is 1.64. The number of oxime groups is 1. The SMILES string of the molecule is O=C(c1cccs1)[C@H]1C(c2ccccc2OCc2ccccc2)=NO[C@]12C(=O)Nc1ccccc12. The van der Waals surface area contributed by atoms with Gasteiger partial charge >= 0.3 is 0 Å². The van der Waals surface area contributed by atoms with E-state index < -0.39 is 17.4 Å². The number of nitrogens with zero attached hydrogens (tertiary/aromatic N) is 1. The zero-order chi connectivity index (χ0) is 23.8. The fourth-order valence-corrected chi connectivity index (χ4v) is 5.36. The molecule has 3 aromatic carbocycles. The average Bonchev–Trinajstić information content (AvgIpc) is 3.63. The third kappa shape index (κ3) is 3.43. The molecule has 0 fully saturated rings. The van der Waals surface area contributed by atoms with E-state index in [4.69, 9.17) is 9.57 Å². The molecule has 35 heavy (non-hydrogen) atoms. The summed E-state index contributed by atoms with van der Waals surface area (Å²) in [5.74, 6) is -1.05. The van der Waals surface area contributed by atoms with Gasteiger partial charge in [-0.25, -0.2) is 0 Å². The number of nitrogens with one attached hydrogen (secondary N) is 1. The van der Waals surface area contributed by atoms with Crippen LogP contribution in [0.2, 0.25) is 0 Å². The molecule has 1 N–H and O–H groups in total. The molecule has 3 heterocycles. The largest absolute Gasteiger partial charge is 0.488 e. The normalized spacial score (nSPS) is 20.2. The van der Waals surface area contributed by atoms with Crippen molar-refractivity contribution >= 4 is 34.4 Å². The number of fused-ring (bicyclic) bond motifs is 2. The number of benzene rings is 3. The van der Waals surface area contributed by atoms with Gasteiger partial charge in [0.15, 0.2) is 5.78 Å². The second kappa shape index (κ2) is 8.52. The Morgan fingerprint density at radius 2 is 1.74 bits per heavy atom. The lowest BCUT2D eigenvalue weighted by Gasteiger charge is -2.26. The van der Waals surface area contributed by atoms with Crippen LogP contribution in [-0.4, -0.2) is 17.4 Å². The lowest BCUT2D eigenvalue weighted by molar-refractivity contribution is -0.140. The van der Waals surface area contributed by atoms with E-state index in [1.807, 2.05) is 78.2 Å². The number of rotatable bonds is 6. The van der Waals surface area contributed by atoms with Crippen molar-refractivity contribution < 1.29 is 19.2 Å². The van der Waals surface area contributed by atoms with Crippen molar-refractivity contribution in [3.05, 3.63) is 118 Å². The number of anilines is 1. The van der Waals surface area contributed by atoms with Gasteiger partial charge in [0, 0.05) is 16.8 Å². The fraction of sp³-hybridized carbons (Fsp3) is 0.107. The zero-order valence-corrected chi connectivity index (χ0v) is 19.3. The number of amides is 1. The summed E-state index contributed by atoms with van der Waals surface area (Å²) in [7, 11) is 0. The maximum Gasteiger partial charge on any atom is 0.277 e. The zero-order valence-electron chi connectivity index (χ0n) is 18.5. The molecule has 0 aliphatic carbocycles. The van der Waals surface area contributed by atoms with E-state index in [0.717, 1.165) is 5.56 Å². The molecule has 0 saturated heterocycles. The molecular weight excluding hydrogens is 460 g/mol. The van der Waals surface area contributed by atoms with Crippen molar-refractivity contribution in [3.8, 4) is 5.75 Å². The molecule has 2 aliphatic rings. The molecule has 6 rings (SSSR count). The molecule has 2 atom stereocenters. The highest BCUT2D eigenvalue weighted by molar-refractivity contribution is 7.12. The lowest BCUT2D eigenvalue weighted by atomic mass is 9.75. The molecule has 0 unspecified atom stereocenters. The molecule has 7 heteroatoms. The highest BCUT2D eigenvalue weighted by atomic mass is 32.1. The van der Waals surface area contributed by atoms with Crippen molar-refractivity contribution in [1.29, 1.82) is 0 Å². The van der Waals surface area contributed by atoms with Crippen molar-refractivity contribution in [2.45, 2.75) is 12.2 Å². The Morgan fingerprint density at radius 3 is 2.57 bits per heavy atom. The van der Waals surface area contributed by atoms with E-state index in [2.05, 4.69) is 10.5 Å². The van der Waals surface area contributed by atoms with Crippen LogP contribution < -0.4 is 10.1 Å². The van der Waals surface area contributed by atoms with Gasteiger partial charge in [0.2, 0.25) is 0 Å². The Bertz CT molecular complexity index is 1450. The highest BCUT2D eigenvalue weighted by Gasteiger charge is 2.63. The second-order valence-electron chi connectivity index (χ2n) is 8.35. The van der Waals surface area contributed by atoms with E-state index in [1.165, 1.54) is 11.3 Å². The first kappa shape index (κ1) is 21.3. The van der Waals surface area contributed by atoms with E-state index in [-0.39, 0.29) is 5.78 Å². The first-order valence-electron chi connectivity index (χ1n) is 11.2. The lowest BCUT2D eigenvalue weighted by Crippen LogP contribution is -2.46. The molecule has 172 valence electrons. The maximum atomic E-state index is 13.9. The third-order valence-electron chi connectivity index (χ3n) is 6.31. The molecule has 0 saturated carbocycles. The Morgan fingerprint density at radius 1 is 0.971 bits per heavy atom. The predicted octanol–water partition coefficient (Wildman–Crippen LogP) is 5.41. The summed E-state index contributed by atoms with van der Waals surface area (Å²) in [6, 6.07) is 28.1. The molecule has 1 spiro atoms. The van der Waals surface area contributed by atoms with Gasteiger partial charge in [0.1, 0.15) is 24.0 Å². The van der Waals surface area contributed by atoms with Crippen LogP contribution in [0.5, 0.6) is 5.75 Å². The van der Waals surface area contributed by atoms with Crippen molar-refractivity contribution in [2.75, 3.05) is 5.32 Å². The van der Waals surface area contributed by atoms with Crippen LogP contribution in [0.15, 0.2) is 102 Å². The Hall–Kier alpha value is -4.23. The minimum absolute atomic E-state index is 0.221. The summed E-state index contributed by atoms with van der Waals surface area (Å²) in [5, 5.41) is 9.09. The van der Waals surface area contributed by atoms with E-state index in [0.29, 0.717) is 39.8 Å². The standard InChI is InChI=1S/C28H20N2O4S/c31-26(23-15-8-16-35-23)24-25(30-34-28(24)20-12-5-6-13-21(20)29-27(28)32)19-11-4-7-14-22(19)33-17-18-9-2-1-3-10-18/h1-16,24H,17H2,(H,29,32)/t24-,28+/m1/s1. The maximum absolute atomic E-state index is 13.9. The van der Waals surface area contributed by atoms with E-state index >= 15 is 0 Å². The van der Waals surface area contributed by atoms with Crippen molar-refractivity contribution in [3.63, 3.8) is 0 Å². The number of ether oxygens (including phenoxy) is 1. The van der Waals surface area contributed by atoms with Gasteiger partial charge in [-0.1, -0.05) is 71.9 Å². The summed E-state index contributed by atoms with van der Waals surface area (Å²) in [4.78, 5) is 33.8. The van der Waals surface area contributed by atoms with Crippen molar-refractivity contribution in [2.24, 2.45) is 11.1 Å². The molecular formula is C28H20N2O4S. The Kier molecular flexibility index (Phi) is 5.19. The number of hydrogen-bond donors (Lipinski definition) is 1. The number of ketones is 1. The summed E-state index contributed by atoms with van der Waals surface area (Å²) >= 11 is 1.33. The number of carbonyl (C=O) groups is 2. The van der Waals surface area contributed by atoms with Gasteiger partial charge in [-0.3, -0.25) is 9.59 Å². The summed E-state index contributed by atoms with van der Waals surface area (Å²) in [6.45, 7) is 0.351. The van der Waals surface area contributed by atoms with Gasteiger partial charge in [-0.15, -0.1) is 11.3 Å². The first-order chi connectivity index (χ1) is 17.2. The minimum atomic E-state index is -1.58. The number of hydrogen-bond acceptors (Lipinski definition) is 6. The molecule has 0 radical (unpaired) electrons. The average molecular weight is 481 g/mol. The Labute approximate surface area is 205 Å². The predicted molar refractivity (Wildman–Crippen MR) is 134 cm³/mol. The summed E-state index contributed by atoms with van der Waals surface area (Å²) < 4.78 is 6.16. The topological polar surface area (TPSA) is 77.0 Å². The van der Waals surface area contributed by atoms with Gasteiger partial charge in [0.25, 0.3) is 11.5 Å².